The first-order valence-electron chi connectivity index (χ1n) is 10.2. The van der Waals surface area contributed by atoms with Crippen LogP contribution in [0.2, 0.25) is 0 Å². The second-order valence-corrected chi connectivity index (χ2v) is 7.70. The minimum Gasteiger partial charge on any atom is -0.295 e. The summed E-state index contributed by atoms with van der Waals surface area (Å²) in [6, 6.07) is 22.7. The van der Waals surface area contributed by atoms with E-state index in [1.807, 2.05) is 30.3 Å². The molecule has 0 radical (unpaired) electrons. The Labute approximate surface area is 186 Å². The molecule has 32 heavy (non-hydrogen) atoms. The second-order valence-electron chi connectivity index (χ2n) is 7.70. The van der Waals surface area contributed by atoms with Crippen LogP contribution in [-0.2, 0) is 16.1 Å². The molecule has 3 aromatic carbocycles. The zero-order valence-electron chi connectivity index (χ0n) is 17.8. The van der Waals surface area contributed by atoms with Gasteiger partial charge in [-0.3, -0.25) is 24.1 Å². The Morgan fingerprint density at radius 1 is 0.625 bits per heavy atom. The van der Waals surface area contributed by atoms with Gasteiger partial charge < -0.3 is 0 Å². The Kier molecular flexibility index (Phi) is 5.65. The van der Waals surface area contributed by atoms with Crippen molar-refractivity contribution in [3.8, 4) is 0 Å². The molecule has 1 aliphatic heterocycles. The van der Waals surface area contributed by atoms with Gasteiger partial charge in [-0.05, 0) is 30.5 Å². The molecule has 0 bridgehead atoms. The number of hydrogen-bond donors (Lipinski definition) is 0. The molecular weight excluding hydrogens is 402 g/mol. The van der Waals surface area contributed by atoms with Crippen molar-refractivity contribution >= 4 is 34.5 Å². The van der Waals surface area contributed by atoms with Gasteiger partial charge >= 0.3 is 0 Å². The standard InChI is InChI=1S/C27H21NO4/c1-17(29)20-8-12-22(13-9-20)24-25(23-14-10-21(11-15-23)18(2)30)27(32)28(26(24)31)16-19-6-4-3-5-7-19/h3-15H,16H2,1-2H3. The number of amides is 2. The molecule has 3 aromatic rings. The van der Waals surface area contributed by atoms with Gasteiger partial charge in [0.15, 0.2) is 11.6 Å². The minimum atomic E-state index is -0.389. The Balaban J connectivity index is 1.81. The van der Waals surface area contributed by atoms with E-state index in [1.54, 1.807) is 48.5 Å². The van der Waals surface area contributed by atoms with Gasteiger partial charge in [-0.2, -0.15) is 0 Å². The van der Waals surface area contributed by atoms with Crippen molar-refractivity contribution in [3.05, 3.63) is 107 Å². The van der Waals surface area contributed by atoms with E-state index in [2.05, 4.69) is 0 Å². The lowest BCUT2D eigenvalue weighted by atomic mass is 9.94. The summed E-state index contributed by atoms with van der Waals surface area (Å²) in [4.78, 5) is 51.4. The number of imide groups is 1. The van der Waals surface area contributed by atoms with Gasteiger partial charge in [0.2, 0.25) is 0 Å². The topological polar surface area (TPSA) is 71.5 Å². The SMILES string of the molecule is CC(=O)c1ccc(C2=C(c3ccc(C(C)=O)cc3)C(=O)N(Cc3ccccc3)C2=O)cc1. The molecule has 0 fully saturated rings. The number of benzene rings is 3. The molecule has 0 aliphatic carbocycles. The maximum absolute atomic E-state index is 13.4. The fourth-order valence-corrected chi connectivity index (χ4v) is 3.76. The monoisotopic (exact) mass is 423 g/mol. The maximum Gasteiger partial charge on any atom is 0.262 e. The summed E-state index contributed by atoms with van der Waals surface area (Å²) >= 11 is 0. The average molecular weight is 423 g/mol. The number of rotatable bonds is 6. The highest BCUT2D eigenvalue weighted by Crippen LogP contribution is 2.36. The molecule has 0 saturated heterocycles. The van der Waals surface area contributed by atoms with Crippen molar-refractivity contribution in [1.29, 1.82) is 0 Å². The molecule has 1 aliphatic rings. The van der Waals surface area contributed by atoms with Crippen LogP contribution in [0.25, 0.3) is 11.1 Å². The Morgan fingerprint density at radius 2 is 1.03 bits per heavy atom. The van der Waals surface area contributed by atoms with Crippen LogP contribution in [0.15, 0.2) is 78.9 Å². The highest BCUT2D eigenvalue weighted by molar-refractivity contribution is 6.49. The molecule has 4 rings (SSSR count). The van der Waals surface area contributed by atoms with Gasteiger partial charge in [0.05, 0.1) is 17.7 Å². The third-order valence-corrected chi connectivity index (χ3v) is 5.51. The first-order valence-corrected chi connectivity index (χ1v) is 10.2. The first-order chi connectivity index (χ1) is 15.4. The van der Waals surface area contributed by atoms with E-state index in [0.29, 0.717) is 22.3 Å². The molecule has 0 aromatic heterocycles. The van der Waals surface area contributed by atoms with Crippen molar-refractivity contribution in [2.24, 2.45) is 0 Å². The fraction of sp³-hybridized carbons (Fsp3) is 0.111. The summed E-state index contributed by atoms with van der Waals surface area (Å²) in [5, 5.41) is 0. The summed E-state index contributed by atoms with van der Waals surface area (Å²) in [5.41, 5.74) is 3.60. The number of ketones is 2. The molecular formula is C27H21NO4. The van der Waals surface area contributed by atoms with Crippen LogP contribution < -0.4 is 0 Å². The third-order valence-electron chi connectivity index (χ3n) is 5.51. The summed E-state index contributed by atoms with van der Waals surface area (Å²) in [7, 11) is 0. The second kappa shape index (κ2) is 8.55. The van der Waals surface area contributed by atoms with Crippen LogP contribution in [0.1, 0.15) is 51.3 Å². The Bertz CT molecular complexity index is 1170. The molecule has 0 saturated carbocycles. The van der Waals surface area contributed by atoms with Crippen molar-refractivity contribution in [2.45, 2.75) is 20.4 Å². The van der Waals surface area contributed by atoms with Crippen LogP contribution in [0.4, 0.5) is 0 Å². The molecule has 5 nitrogen and oxygen atoms in total. The summed E-state index contributed by atoms with van der Waals surface area (Å²) in [6.07, 6.45) is 0. The van der Waals surface area contributed by atoms with Gasteiger partial charge in [0.25, 0.3) is 11.8 Å². The predicted octanol–water partition coefficient (Wildman–Crippen LogP) is 4.57. The molecule has 0 unspecified atom stereocenters. The Morgan fingerprint density at radius 3 is 1.41 bits per heavy atom. The van der Waals surface area contributed by atoms with Crippen molar-refractivity contribution in [2.75, 3.05) is 0 Å². The first kappa shape index (κ1) is 21.1. The van der Waals surface area contributed by atoms with Crippen molar-refractivity contribution in [3.63, 3.8) is 0 Å². The molecule has 5 heteroatoms. The van der Waals surface area contributed by atoms with E-state index in [-0.39, 0.29) is 41.1 Å². The fourth-order valence-electron chi connectivity index (χ4n) is 3.76. The zero-order chi connectivity index (χ0) is 22.8. The summed E-state index contributed by atoms with van der Waals surface area (Å²) < 4.78 is 0. The normalized spacial score (nSPS) is 13.6. The van der Waals surface area contributed by atoms with Gasteiger partial charge in [0.1, 0.15) is 0 Å². The van der Waals surface area contributed by atoms with Gasteiger partial charge in [-0.25, -0.2) is 0 Å². The molecule has 0 atom stereocenters. The van der Waals surface area contributed by atoms with Crippen LogP contribution in [0.3, 0.4) is 0 Å². The van der Waals surface area contributed by atoms with Crippen LogP contribution in [0.5, 0.6) is 0 Å². The van der Waals surface area contributed by atoms with Crippen molar-refractivity contribution < 1.29 is 19.2 Å². The van der Waals surface area contributed by atoms with E-state index in [0.717, 1.165) is 5.56 Å². The summed E-state index contributed by atoms with van der Waals surface area (Å²) in [6.45, 7) is 3.10. The van der Waals surface area contributed by atoms with E-state index in [4.69, 9.17) is 0 Å². The van der Waals surface area contributed by atoms with E-state index in [9.17, 15) is 19.2 Å². The average Bonchev–Trinajstić information content (AvgIpc) is 3.04. The molecule has 2 amide bonds. The molecule has 0 N–H and O–H groups in total. The minimum absolute atomic E-state index is 0.0786. The van der Waals surface area contributed by atoms with Gasteiger partial charge in [0, 0.05) is 11.1 Å². The smallest absolute Gasteiger partial charge is 0.262 e. The quantitative estimate of drug-likeness (QED) is 0.430. The highest BCUT2D eigenvalue weighted by atomic mass is 16.2. The van der Waals surface area contributed by atoms with E-state index >= 15 is 0 Å². The predicted molar refractivity (Wildman–Crippen MR) is 122 cm³/mol. The lowest BCUT2D eigenvalue weighted by Crippen LogP contribution is -2.31. The molecule has 1 heterocycles. The maximum atomic E-state index is 13.4. The number of carbonyl (C=O) groups is 4. The zero-order valence-corrected chi connectivity index (χ0v) is 17.8. The number of nitrogens with zero attached hydrogens (tertiary/aromatic N) is 1. The van der Waals surface area contributed by atoms with Crippen molar-refractivity contribution in [1.82, 2.24) is 4.90 Å². The van der Waals surface area contributed by atoms with Gasteiger partial charge in [-0.1, -0.05) is 78.9 Å². The summed E-state index contributed by atoms with van der Waals surface area (Å²) in [5.74, 6) is -0.935. The third kappa shape index (κ3) is 3.93. The largest absolute Gasteiger partial charge is 0.295 e. The lowest BCUT2D eigenvalue weighted by molar-refractivity contribution is -0.136. The number of Topliss-reactive ketones (excluding diaryl/α,β-unsaturated/α-hetero) is 2. The molecule has 158 valence electrons. The number of carbonyl (C=O) groups excluding carboxylic acids is 4. The Hall–Kier alpha value is -4.12. The van der Waals surface area contributed by atoms with E-state index in [1.165, 1.54) is 18.7 Å². The number of hydrogen-bond acceptors (Lipinski definition) is 4. The molecule has 0 spiro atoms. The lowest BCUT2D eigenvalue weighted by Gasteiger charge is -2.15. The highest BCUT2D eigenvalue weighted by Gasteiger charge is 2.39. The van der Waals surface area contributed by atoms with Crippen LogP contribution in [-0.4, -0.2) is 28.3 Å². The van der Waals surface area contributed by atoms with E-state index < -0.39 is 0 Å². The van der Waals surface area contributed by atoms with Crippen LogP contribution >= 0.6 is 0 Å². The van der Waals surface area contributed by atoms with Gasteiger partial charge in [-0.15, -0.1) is 0 Å². The van der Waals surface area contributed by atoms with Crippen LogP contribution in [0, 0.1) is 0 Å².